The number of carbonyl (C=O) groups is 2. The van der Waals surface area contributed by atoms with Crippen LogP contribution < -0.4 is 11.5 Å². The van der Waals surface area contributed by atoms with Gasteiger partial charge in [-0.15, -0.1) is 0 Å². The molecule has 1 amide bonds. The summed E-state index contributed by atoms with van der Waals surface area (Å²) in [5, 5.41) is 8.74. The molecule has 4 N–H and O–H groups in total. The van der Waals surface area contributed by atoms with E-state index in [-0.39, 0.29) is 47.4 Å². The number of carbonyl (C=O) groups excluding carboxylic acids is 2. The summed E-state index contributed by atoms with van der Waals surface area (Å²) in [6.07, 6.45) is -0.419. The molecule has 198 valence electrons. The zero-order chi connectivity index (χ0) is 27.1. The zero-order valence-electron chi connectivity index (χ0n) is 21.1. The van der Waals surface area contributed by atoms with Crippen LogP contribution in [0.4, 0.5) is 19.0 Å². The third-order valence-corrected chi connectivity index (χ3v) is 7.15. The van der Waals surface area contributed by atoms with Gasteiger partial charge in [-0.25, -0.2) is 4.68 Å². The first-order valence-corrected chi connectivity index (χ1v) is 12.2. The second-order valence-electron chi connectivity index (χ2n) is 10.2. The highest BCUT2D eigenvalue weighted by molar-refractivity contribution is 6.03. The van der Waals surface area contributed by atoms with Gasteiger partial charge in [-0.05, 0) is 38.3 Å². The Morgan fingerprint density at radius 1 is 1.05 bits per heavy atom. The van der Waals surface area contributed by atoms with Crippen LogP contribution in [-0.4, -0.2) is 37.4 Å². The summed E-state index contributed by atoms with van der Waals surface area (Å²) < 4.78 is 43.2. The molecule has 1 fully saturated rings. The lowest BCUT2D eigenvalue weighted by atomic mass is 9.88. The molecule has 0 bridgehead atoms. The number of hydrogen-bond acceptors (Lipinski definition) is 5. The van der Waals surface area contributed by atoms with E-state index in [1.54, 1.807) is 28.9 Å². The van der Waals surface area contributed by atoms with Crippen molar-refractivity contribution >= 4 is 17.5 Å². The Bertz CT molecular complexity index is 1320. The minimum Gasteiger partial charge on any atom is -0.383 e. The second-order valence-corrected chi connectivity index (χ2v) is 10.2. The number of hydrogen-bond donors (Lipinski definition) is 2. The van der Waals surface area contributed by atoms with Crippen LogP contribution in [0.25, 0.3) is 11.3 Å². The maximum absolute atomic E-state index is 13.4. The molecule has 4 rings (SSSR count). The molecule has 0 saturated heterocycles. The van der Waals surface area contributed by atoms with Gasteiger partial charge in [-0.2, -0.15) is 23.4 Å². The number of rotatable bonds is 8. The molecule has 1 aliphatic rings. The standard InChI is InChI=1S/C26H31F3N6O2/c1-25(2,26(27,28)29)20-14-17(32-34(20)3)13-19(36)12-15-8-10-16(11-9-15)22-21(24(31)37)23(30)35(33-22)18-6-4-5-7-18/h8-11,14,18H,4-7,12-13,30H2,1-3H3,(H2,31,37). The Morgan fingerprint density at radius 3 is 2.24 bits per heavy atom. The summed E-state index contributed by atoms with van der Waals surface area (Å²) in [5.74, 6) is -0.577. The molecule has 37 heavy (non-hydrogen) atoms. The topological polar surface area (TPSA) is 122 Å². The molecular weight excluding hydrogens is 485 g/mol. The second kappa shape index (κ2) is 9.68. The molecule has 0 atom stereocenters. The summed E-state index contributed by atoms with van der Waals surface area (Å²) in [6, 6.07) is 8.47. The van der Waals surface area contributed by atoms with Gasteiger partial charge in [0.05, 0.1) is 23.9 Å². The molecule has 2 aromatic heterocycles. The van der Waals surface area contributed by atoms with Crippen molar-refractivity contribution in [3.8, 4) is 11.3 Å². The normalized spacial score (nSPS) is 14.9. The molecule has 3 aromatic rings. The van der Waals surface area contributed by atoms with E-state index in [1.807, 2.05) is 0 Å². The first kappa shape index (κ1) is 26.4. The maximum Gasteiger partial charge on any atom is 0.399 e. The van der Waals surface area contributed by atoms with Crippen LogP contribution in [0.15, 0.2) is 30.3 Å². The molecule has 8 nitrogen and oxygen atoms in total. The zero-order valence-corrected chi connectivity index (χ0v) is 21.1. The summed E-state index contributed by atoms with van der Waals surface area (Å²) >= 11 is 0. The fraction of sp³-hybridized carbons (Fsp3) is 0.462. The van der Waals surface area contributed by atoms with E-state index in [9.17, 15) is 22.8 Å². The van der Waals surface area contributed by atoms with E-state index in [0.717, 1.165) is 39.5 Å². The number of aromatic nitrogens is 4. The Hall–Kier alpha value is -3.63. The number of Topliss-reactive ketones (excluding diaryl/α,β-unsaturated/α-hetero) is 1. The maximum atomic E-state index is 13.4. The molecule has 11 heteroatoms. The predicted molar refractivity (Wildman–Crippen MR) is 133 cm³/mol. The van der Waals surface area contributed by atoms with E-state index in [4.69, 9.17) is 11.5 Å². The highest BCUT2D eigenvalue weighted by atomic mass is 19.4. The number of halogens is 3. The molecule has 1 aromatic carbocycles. The third-order valence-electron chi connectivity index (χ3n) is 7.15. The first-order chi connectivity index (χ1) is 17.3. The molecule has 0 spiro atoms. The van der Waals surface area contributed by atoms with Gasteiger partial charge in [0.15, 0.2) is 0 Å². The monoisotopic (exact) mass is 516 g/mol. The molecule has 1 aliphatic carbocycles. The van der Waals surface area contributed by atoms with E-state index in [0.29, 0.717) is 16.8 Å². The largest absolute Gasteiger partial charge is 0.399 e. The number of amides is 1. The Balaban J connectivity index is 1.49. The smallest absolute Gasteiger partial charge is 0.383 e. The van der Waals surface area contributed by atoms with Crippen LogP contribution in [0, 0.1) is 0 Å². The molecule has 0 radical (unpaired) electrons. The molecular formula is C26H31F3N6O2. The van der Waals surface area contributed by atoms with Gasteiger partial charge in [-0.1, -0.05) is 37.1 Å². The number of ketones is 1. The highest BCUT2D eigenvalue weighted by Gasteiger charge is 2.50. The Labute approximate surface area is 212 Å². The minimum absolute atomic E-state index is 0.00581. The van der Waals surface area contributed by atoms with E-state index in [1.165, 1.54) is 17.8 Å². The average Bonchev–Trinajstić information content (AvgIpc) is 3.52. The quantitative estimate of drug-likeness (QED) is 0.463. The number of benzene rings is 1. The lowest BCUT2D eigenvalue weighted by Crippen LogP contribution is -2.38. The first-order valence-electron chi connectivity index (χ1n) is 12.2. The number of aryl methyl sites for hydroxylation is 1. The summed E-state index contributed by atoms with van der Waals surface area (Å²) in [4.78, 5) is 24.8. The van der Waals surface area contributed by atoms with Crippen molar-refractivity contribution in [2.75, 3.05) is 5.73 Å². The van der Waals surface area contributed by atoms with Crippen LogP contribution in [0.1, 0.15) is 72.9 Å². The van der Waals surface area contributed by atoms with Crippen molar-refractivity contribution in [1.29, 1.82) is 0 Å². The van der Waals surface area contributed by atoms with Crippen LogP contribution in [0.5, 0.6) is 0 Å². The number of nitrogens with two attached hydrogens (primary N) is 2. The van der Waals surface area contributed by atoms with Gasteiger partial charge in [-0.3, -0.25) is 14.3 Å². The molecule has 1 saturated carbocycles. The van der Waals surface area contributed by atoms with Gasteiger partial charge in [0, 0.05) is 19.0 Å². The fourth-order valence-electron chi connectivity index (χ4n) is 4.94. The number of alkyl halides is 3. The minimum atomic E-state index is -4.45. The van der Waals surface area contributed by atoms with Gasteiger partial charge in [0.25, 0.3) is 5.91 Å². The van der Waals surface area contributed by atoms with Crippen LogP contribution in [0.3, 0.4) is 0 Å². The molecule has 2 heterocycles. The van der Waals surface area contributed by atoms with Crippen molar-refractivity contribution in [3.63, 3.8) is 0 Å². The van der Waals surface area contributed by atoms with Crippen LogP contribution in [0.2, 0.25) is 0 Å². The number of anilines is 1. The SMILES string of the molecule is Cn1nc(CC(=O)Cc2ccc(-c3nn(C4CCCC4)c(N)c3C(N)=O)cc2)cc1C(C)(C)C(F)(F)F. The summed E-state index contributed by atoms with van der Waals surface area (Å²) in [6.45, 7) is 2.18. The van der Waals surface area contributed by atoms with E-state index >= 15 is 0 Å². The number of nitrogen functional groups attached to an aromatic ring is 1. The van der Waals surface area contributed by atoms with Gasteiger partial charge >= 0.3 is 6.18 Å². The van der Waals surface area contributed by atoms with Crippen molar-refractivity contribution in [2.24, 2.45) is 12.8 Å². The number of nitrogens with zero attached hydrogens (tertiary/aromatic N) is 4. The Morgan fingerprint density at radius 2 is 1.68 bits per heavy atom. The van der Waals surface area contributed by atoms with Crippen molar-refractivity contribution in [3.05, 3.63) is 52.8 Å². The number of primary amides is 1. The molecule has 0 unspecified atom stereocenters. The lowest BCUT2D eigenvalue weighted by Gasteiger charge is -2.27. The summed E-state index contributed by atoms with van der Waals surface area (Å²) in [7, 11) is 1.44. The summed E-state index contributed by atoms with van der Waals surface area (Å²) in [5.41, 5.74) is 12.0. The highest BCUT2D eigenvalue weighted by Crippen LogP contribution is 2.40. The average molecular weight is 517 g/mol. The third kappa shape index (κ3) is 5.12. The van der Waals surface area contributed by atoms with Gasteiger partial charge in [0.2, 0.25) is 0 Å². The van der Waals surface area contributed by atoms with Crippen LogP contribution >= 0.6 is 0 Å². The van der Waals surface area contributed by atoms with Crippen molar-refractivity contribution in [1.82, 2.24) is 19.6 Å². The molecule has 0 aliphatic heterocycles. The van der Waals surface area contributed by atoms with Gasteiger partial charge < -0.3 is 11.5 Å². The van der Waals surface area contributed by atoms with Crippen molar-refractivity contribution < 1.29 is 22.8 Å². The fourth-order valence-corrected chi connectivity index (χ4v) is 4.94. The van der Waals surface area contributed by atoms with E-state index in [2.05, 4.69) is 10.2 Å². The lowest BCUT2D eigenvalue weighted by molar-refractivity contribution is -0.182. The Kier molecular flexibility index (Phi) is 6.91. The van der Waals surface area contributed by atoms with Crippen LogP contribution in [-0.2, 0) is 30.1 Å². The predicted octanol–water partition coefficient (Wildman–Crippen LogP) is 4.27. The van der Waals surface area contributed by atoms with Gasteiger partial charge in [0.1, 0.15) is 28.3 Å². The van der Waals surface area contributed by atoms with E-state index < -0.39 is 17.5 Å². The van der Waals surface area contributed by atoms with Crippen molar-refractivity contribution in [2.45, 2.75) is 70.0 Å².